The van der Waals surface area contributed by atoms with Crippen molar-refractivity contribution in [1.29, 1.82) is 0 Å². The van der Waals surface area contributed by atoms with E-state index in [-0.39, 0.29) is 6.61 Å². The summed E-state index contributed by atoms with van der Waals surface area (Å²) in [4.78, 5) is 26.0. The lowest BCUT2D eigenvalue weighted by Gasteiger charge is -2.07. The first kappa shape index (κ1) is 13.8. The summed E-state index contributed by atoms with van der Waals surface area (Å²) in [5.74, 6) is -1.80. The highest BCUT2D eigenvalue weighted by Crippen LogP contribution is 2.14. The van der Waals surface area contributed by atoms with Gasteiger partial charge >= 0.3 is 11.9 Å². The van der Waals surface area contributed by atoms with Gasteiger partial charge in [0, 0.05) is 0 Å². The maximum absolute atomic E-state index is 11.2. The highest BCUT2D eigenvalue weighted by molar-refractivity contribution is 7.78. The number of anilines is 1. The summed E-state index contributed by atoms with van der Waals surface area (Å²) in [6, 6.07) is 6.68. The molecule has 0 atom stereocenters. The number of hydrogen-bond donors (Lipinski definition) is 2. The van der Waals surface area contributed by atoms with Crippen LogP contribution in [0.1, 0.15) is 6.92 Å². The highest BCUT2D eigenvalue weighted by Gasteiger charge is 2.13. The molecule has 0 heterocycles. The van der Waals surface area contributed by atoms with Crippen molar-refractivity contribution in [2.24, 2.45) is 4.99 Å². The summed E-state index contributed by atoms with van der Waals surface area (Å²) < 4.78 is 4.52. The van der Waals surface area contributed by atoms with Crippen LogP contribution in [0.15, 0.2) is 29.3 Å². The number of esters is 1. The zero-order valence-corrected chi connectivity index (χ0v) is 10.4. The summed E-state index contributed by atoms with van der Waals surface area (Å²) >= 11 is 4.47. The molecule has 0 saturated heterocycles. The van der Waals surface area contributed by atoms with Gasteiger partial charge in [0.2, 0.25) is 0 Å². The Morgan fingerprint density at radius 2 is 2.06 bits per heavy atom. The summed E-state index contributed by atoms with van der Waals surface area (Å²) in [7, 11) is 0. The minimum atomic E-state index is -0.938. The molecule has 0 bridgehead atoms. The Hall–Kier alpha value is -2.24. The molecule has 0 aliphatic heterocycles. The Morgan fingerprint density at radius 1 is 1.39 bits per heavy atom. The number of amides is 1. The lowest BCUT2D eigenvalue weighted by atomic mass is 10.3. The minimum Gasteiger partial charge on any atom is -0.459 e. The average molecular weight is 265 g/mol. The monoisotopic (exact) mass is 265 g/mol. The zero-order chi connectivity index (χ0) is 13.4. The Balaban J connectivity index is 2.51. The van der Waals surface area contributed by atoms with Gasteiger partial charge in [-0.15, -0.1) is 0 Å². The molecule has 2 N–H and O–H groups in total. The van der Waals surface area contributed by atoms with Crippen LogP contribution >= 0.6 is 12.2 Å². The van der Waals surface area contributed by atoms with Crippen LogP contribution in [0.25, 0.3) is 0 Å². The van der Waals surface area contributed by atoms with Gasteiger partial charge in [0.1, 0.15) is 0 Å². The van der Waals surface area contributed by atoms with Gasteiger partial charge < -0.3 is 4.74 Å². The summed E-state index contributed by atoms with van der Waals surface area (Å²) in [5.41, 5.74) is 6.01. The molecular weight excluding hydrogens is 254 g/mol. The van der Waals surface area contributed by atoms with Crippen molar-refractivity contribution in [2.75, 3.05) is 12.0 Å². The molecule has 94 valence electrons. The quantitative estimate of drug-likeness (QED) is 0.283. The number of nitrogens with zero attached hydrogens (tertiary/aromatic N) is 1. The fourth-order valence-electron chi connectivity index (χ4n) is 1.05. The van der Waals surface area contributed by atoms with Crippen molar-refractivity contribution >= 4 is 40.6 Å². The average Bonchev–Trinajstić information content (AvgIpc) is 2.38. The van der Waals surface area contributed by atoms with Gasteiger partial charge in [-0.05, 0) is 43.4 Å². The lowest BCUT2D eigenvalue weighted by Crippen LogP contribution is -2.36. The Kier molecular flexibility index (Phi) is 5.50. The van der Waals surface area contributed by atoms with Gasteiger partial charge in [0.15, 0.2) is 0 Å². The van der Waals surface area contributed by atoms with Crippen molar-refractivity contribution in [3.8, 4) is 0 Å². The third kappa shape index (κ3) is 4.32. The predicted molar refractivity (Wildman–Crippen MR) is 69.5 cm³/mol. The minimum absolute atomic E-state index is 0.149. The lowest BCUT2D eigenvalue weighted by molar-refractivity contribution is -0.154. The maximum atomic E-state index is 11.2. The number of carbonyl (C=O) groups is 2. The second-order valence-electron chi connectivity index (χ2n) is 3.05. The number of ether oxygens (including phenoxy) is 1. The molecule has 0 radical (unpaired) electrons. The van der Waals surface area contributed by atoms with E-state index in [4.69, 9.17) is 0 Å². The Labute approximate surface area is 109 Å². The third-order valence-corrected chi connectivity index (χ3v) is 1.91. The second kappa shape index (κ2) is 7.16. The fourth-order valence-corrected chi connectivity index (χ4v) is 1.15. The number of aliphatic imine (C=N–C) groups is 1. The molecule has 1 aromatic carbocycles. The van der Waals surface area contributed by atoms with E-state index in [0.717, 1.165) is 0 Å². The first-order chi connectivity index (χ1) is 8.67. The van der Waals surface area contributed by atoms with Gasteiger partial charge in [0.05, 0.1) is 23.1 Å². The van der Waals surface area contributed by atoms with Crippen molar-refractivity contribution in [1.82, 2.24) is 5.43 Å². The first-order valence-corrected chi connectivity index (χ1v) is 5.49. The third-order valence-electron chi connectivity index (χ3n) is 1.82. The van der Waals surface area contributed by atoms with E-state index in [2.05, 4.69) is 38.0 Å². The molecule has 0 fully saturated rings. The van der Waals surface area contributed by atoms with Gasteiger partial charge in [-0.2, -0.15) is 4.99 Å². The Morgan fingerprint density at radius 3 is 2.61 bits per heavy atom. The maximum Gasteiger partial charge on any atom is 0.398 e. The molecule has 1 amide bonds. The molecule has 0 aliphatic rings. The van der Waals surface area contributed by atoms with E-state index in [1.54, 1.807) is 31.2 Å². The van der Waals surface area contributed by atoms with Crippen molar-refractivity contribution in [3.05, 3.63) is 24.3 Å². The van der Waals surface area contributed by atoms with Crippen LogP contribution in [0, 0.1) is 0 Å². The van der Waals surface area contributed by atoms with E-state index < -0.39 is 11.9 Å². The van der Waals surface area contributed by atoms with Crippen LogP contribution in [0.5, 0.6) is 0 Å². The van der Waals surface area contributed by atoms with Gasteiger partial charge in [0.25, 0.3) is 0 Å². The topological polar surface area (TPSA) is 79.8 Å². The van der Waals surface area contributed by atoms with Crippen LogP contribution in [0.2, 0.25) is 0 Å². The molecule has 1 aromatic rings. The molecule has 7 heteroatoms. The fraction of sp³-hybridized carbons (Fsp3) is 0.182. The van der Waals surface area contributed by atoms with Crippen LogP contribution in [0.4, 0.5) is 11.4 Å². The summed E-state index contributed by atoms with van der Waals surface area (Å²) in [6.45, 7) is 1.77. The molecular formula is C11H11N3O3S. The number of rotatable bonds is 4. The van der Waals surface area contributed by atoms with Crippen molar-refractivity contribution < 1.29 is 14.3 Å². The van der Waals surface area contributed by atoms with Crippen LogP contribution in [0.3, 0.4) is 0 Å². The van der Waals surface area contributed by atoms with E-state index >= 15 is 0 Å². The standard InChI is InChI=1S/C11H11N3O3S/c1-2-17-11(16)10(15)14-13-9-5-3-8(4-6-9)12-7-18/h3-6,13H,2H2,1H3,(H,14,15). The van der Waals surface area contributed by atoms with Crippen LogP contribution in [-0.2, 0) is 14.3 Å². The Bertz CT molecular complexity index is 481. The molecule has 0 aromatic heterocycles. The predicted octanol–water partition coefficient (Wildman–Crippen LogP) is 1.43. The first-order valence-electron chi connectivity index (χ1n) is 5.08. The number of benzene rings is 1. The molecule has 18 heavy (non-hydrogen) atoms. The van der Waals surface area contributed by atoms with E-state index in [1.807, 2.05) is 0 Å². The highest BCUT2D eigenvalue weighted by atomic mass is 32.1. The molecule has 0 aliphatic carbocycles. The van der Waals surface area contributed by atoms with E-state index in [9.17, 15) is 9.59 Å². The number of nitrogens with one attached hydrogen (secondary N) is 2. The molecule has 1 rings (SSSR count). The summed E-state index contributed by atoms with van der Waals surface area (Å²) in [5, 5.41) is 2.24. The largest absolute Gasteiger partial charge is 0.459 e. The zero-order valence-electron chi connectivity index (χ0n) is 9.60. The molecule has 0 saturated carbocycles. The molecule has 0 spiro atoms. The van der Waals surface area contributed by atoms with Gasteiger partial charge in [-0.3, -0.25) is 15.6 Å². The SMILES string of the molecule is CCOC(=O)C(=O)NNc1ccc(N=C=S)cc1. The van der Waals surface area contributed by atoms with E-state index in [1.165, 1.54) is 0 Å². The van der Waals surface area contributed by atoms with Gasteiger partial charge in [-0.1, -0.05) is 0 Å². The van der Waals surface area contributed by atoms with Crippen molar-refractivity contribution in [2.45, 2.75) is 6.92 Å². The normalized spacial score (nSPS) is 8.94. The number of carbonyl (C=O) groups excluding carboxylic acids is 2. The van der Waals surface area contributed by atoms with Crippen molar-refractivity contribution in [3.63, 3.8) is 0 Å². The van der Waals surface area contributed by atoms with Crippen LogP contribution in [-0.4, -0.2) is 23.6 Å². The molecule has 0 unspecified atom stereocenters. The van der Waals surface area contributed by atoms with E-state index in [0.29, 0.717) is 11.4 Å². The smallest absolute Gasteiger partial charge is 0.398 e. The number of hydrogen-bond acceptors (Lipinski definition) is 6. The summed E-state index contributed by atoms with van der Waals surface area (Å²) in [6.07, 6.45) is 0. The number of thiocarbonyl (C=S) groups is 1. The second-order valence-corrected chi connectivity index (χ2v) is 3.23. The number of isothiocyanates is 1. The van der Waals surface area contributed by atoms with Gasteiger partial charge in [-0.25, -0.2) is 4.79 Å². The van der Waals surface area contributed by atoms with Crippen LogP contribution < -0.4 is 10.9 Å². The number of hydrazine groups is 1. The molecule has 6 nitrogen and oxygen atoms in total.